The predicted octanol–water partition coefficient (Wildman–Crippen LogP) is 3.08. The number of hydrogen-bond acceptors (Lipinski definition) is 5. The summed E-state index contributed by atoms with van der Waals surface area (Å²) in [5.74, 6) is 0.0901. The normalized spacial score (nSPS) is 17.6. The number of aromatic nitrogens is 2. The van der Waals surface area contributed by atoms with Crippen LogP contribution >= 0.6 is 0 Å². The van der Waals surface area contributed by atoms with E-state index in [9.17, 15) is 13.2 Å². The predicted molar refractivity (Wildman–Crippen MR) is 69.8 cm³/mol. The first kappa shape index (κ1) is 14.6. The van der Waals surface area contributed by atoms with Crippen molar-refractivity contribution in [3.8, 4) is 5.75 Å². The third-order valence-corrected chi connectivity index (χ3v) is 3.04. The molecule has 2 aromatic rings. The van der Waals surface area contributed by atoms with Crippen molar-refractivity contribution >= 4 is 11.6 Å². The number of methoxy groups -OCH3 is 1. The molecule has 0 saturated carbocycles. The maximum absolute atomic E-state index is 13.2. The Bertz CT molecular complexity index is 709. The van der Waals surface area contributed by atoms with Crippen molar-refractivity contribution in [2.24, 2.45) is 0 Å². The topological polar surface area (TPSA) is 57.4 Å². The lowest BCUT2D eigenvalue weighted by molar-refractivity contribution is -0.177. The van der Waals surface area contributed by atoms with Gasteiger partial charge in [0.1, 0.15) is 12.4 Å². The Hall–Kier alpha value is -2.35. The van der Waals surface area contributed by atoms with Crippen LogP contribution in [0.25, 0.3) is 11.6 Å². The lowest BCUT2D eigenvalue weighted by atomic mass is 10.0. The molecule has 0 saturated heterocycles. The molecule has 1 atom stereocenters. The highest BCUT2D eigenvalue weighted by Crippen LogP contribution is 2.40. The minimum atomic E-state index is -4.60. The largest absolute Gasteiger partial charge is 0.475 e. The van der Waals surface area contributed by atoms with Gasteiger partial charge in [-0.3, -0.25) is 0 Å². The Morgan fingerprint density at radius 3 is 2.77 bits per heavy atom. The molecule has 1 aliphatic heterocycles. The number of ether oxygens (including phenoxy) is 2. The standard InChI is InChI=1S/C14H11F3N2O3/c1-20-7-11-18-13(22-19-11)9-6-8-4-2-3-5-10(8)21-12(9)14(15,16)17/h2-6,12H,7H2,1H3. The van der Waals surface area contributed by atoms with Crippen LogP contribution in [0.1, 0.15) is 17.3 Å². The van der Waals surface area contributed by atoms with Gasteiger partial charge in [-0.1, -0.05) is 23.4 Å². The summed E-state index contributed by atoms with van der Waals surface area (Å²) >= 11 is 0. The highest BCUT2D eigenvalue weighted by Gasteiger charge is 2.48. The van der Waals surface area contributed by atoms with E-state index < -0.39 is 12.3 Å². The van der Waals surface area contributed by atoms with Gasteiger partial charge in [0.15, 0.2) is 5.82 Å². The number of nitrogens with zero attached hydrogens (tertiary/aromatic N) is 2. The van der Waals surface area contributed by atoms with Crippen molar-refractivity contribution in [2.45, 2.75) is 18.9 Å². The second-order valence-electron chi connectivity index (χ2n) is 4.63. The molecule has 0 amide bonds. The summed E-state index contributed by atoms with van der Waals surface area (Å²) in [6, 6.07) is 6.43. The van der Waals surface area contributed by atoms with E-state index in [0.717, 1.165) is 0 Å². The molecule has 5 nitrogen and oxygen atoms in total. The zero-order chi connectivity index (χ0) is 15.7. The minimum absolute atomic E-state index is 0.0465. The summed E-state index contributed by atoms with van der Waals surface area (Å²) in [6.07, 6.45) is -5.41. The van der Waals surface area contributed by atoms with Crippen LogP contribution in [-0.4, -0.2) is 29.5 Å². The molecule has 116 valence electrons. The molecule has 2 heterocycles. The fraction of sp³-hybridized carbons (Fsp3) is 0.286. The smallest absolute Gasteiger partial charge is 0.429 e. The number of halogens is 3. The van der Waals surface area contributed by atoms with E-state index in [0.29, 0.717) is 5.56 Å². The molecule has 0 bridgehead atoms. The third kappa shape index (κ3) is 2.69. The van der Waals surface area contributed by atoms with E-state index in [2.05, 4.69) is 10.1 Å². The Morgan fingerprint density at radius 2 is 2.05 bits per heavy atom. The first-order valence-corrected chi connectivity index (χ1v) is 6.35. The fourth-order valence-electron chi connectivity index (χ4n) is 2.12. The molecule has 0 spiro atoms. The lowest BCUT2D eigenvalue weighted by Gasteiger charge is -2.27. The minimum Gasteiger partial charge on any atom is -0.475 e. The molecule has 1 aromatic heterocycles. The zero-order valence-corrected chi connectivity index (χ0v) is 11.4. The maximum Gasteiger partial charge on any atom is 0.429 e. The number of hydrogen-bond donors (Lipinski definition) is 0. The lowest BCUT2D eigenvalue weighted by Crippen LogP contribution is -2.37. The molecule has 1 aromatic carbocycles. The van der Waals surface area contributed by atoms with E-state index in [1.807, 2.05) is 0 Å². The van der Waals surface area contributed by atoms with Crippen LogP contribution in [0.2, 0.25) is 0 Å². The second-order valence-corrected chi connectivity index (χ2v) is 4.63. The zero-order valence-electron chi connectivity index (χ0n) is 11.4. The van der Waals surface area contributed by atoms with Gasteiger partial charge in [0.05, 0.1) is 5.57 Å². The molecule has 0 aliphatic carbocycles. The van der Waals surface area contributed by atoms with E-state index in [1.165, 1.54) is 19.3 Å². The van der Waals surface area contributed by atoms with Crippen LogP contribution in [-0.2, 0) is 11.3 Å². The van der Waals surface area contributed by atoms with Gasteiger partial charge in [-0.2, -0.15) is 18.2 Å². The van der Waals surface area contributed by atoms with Crippen molar-refractivity contribution in [1.82, 2.24) is 10.1 Å². The summed E-state index contributed by atoms with van der Waals surface area (Å²) < 4.78 is 54.5. The molecule has 1 aliphatic rings. The molecule has 3 rings (SSSR count). The molecule has 1 unspecified atom stereocenters. The third-order valence-electron chi connectivity index (χ3n) is 3.04. The van der Waals surface area contributed by atoms with Crippen molar-refractivity contribution in [3.05, 3.63) is 41.5 Å². The number of para-hydroxylation sites is 1. The Kier molecular flexibility index (Phi) is 3.61. The van der Waals surface area contributed by atoms with Crippen LogP contribution in [0.5, 0.6) is 5.75 Å². The highest BCUT2D eigenvalue weighted by molar-refractivity contribution is 5.84. The quantitative estimate of drug-likeness (QED) is 0.872. The second kappa shape index (κ2) is 5.45. The average Bonchev–Trinajstić information content (AvgIpc) is 2.94. The van der Waals surface area contributed by atoms with Gasteiger partial charge in [0, 0.05) is 12.7 Å². The van der Waals surface area contributed by atoms with Gasteiger partial charge >= 0.3 is 6.18 Å². The van der Waals surface area contributed by atoms with Gasteiger partial charge in [-0.05, 0) is 12.1 Å². The summed E-state index contributed by atoms with van der Waals surface area (Å²) in [5.41, 5.74) is 0.297. The van der Waals surface area contributed by atoms with Crippen LogP contribution in [0, 0.1) is 0 Å². The monoisotopic (exact) mass is 312 g/mol. The SMILES string of the molecule is COCc1noc(C2=Cc3ccccc3OC2C(F)(F)F)n1. The molecule has 0 N–H and O–H groups in total. The van der Waals surface area contributed by atoms with Crippen molar-refractivity contribution in [3.63, 3.8) is 0 Å². The Balaban J connectivity index is 2.05. The number of benzene rings is 1. The van der Waals surface area contributed by atoms with Crippen LogP contribution < -0.4 is 4.74 Å². The molecule has 0 radical (unpaired) electrons. The Labute approximate surface area is 123 Å². The molecular weight excluding hydrogens is 301 g/mol. The van der Waals surface area contributed by atoms with E-state index in [1.54, 1.807) is 18.2 Å². The Morgan fingerprint density at radius 1 is 1.27 bits per heavy atom. The number of rotatable bonds is 3. The number of alkyl halides is 3. The van der Waals surface area contributed by atoms with Gasteiger partial charge in [-0.25, -0.2) is 0 Å². The van der Waals surface area contributed by atoms with E-state index in [4.69, 9.17) is 14.0 Å². The number of fused-ring (bicyclic) bond motifs is 1. The van der Waals surface area contributed by atoms with E-state index in [-0.39, 0.29) is 29.6 Å². The first-order chi connectivity index (χ1) is 10.5. The van der Waals surface area contributed by atoms with Crippen molar-refractivity contribution in [2.75, 3.05) is 7.11 Å². The average molecular weight is 312 g/mol. The molecule has 22 heavy (non-hydrogen) atoms. The summed E-state index contributed by atoms with van der Waals surface area (Å²) in [4.78, 5) is 3.91. The van der Waals surface area contributed by atoms with E-state index >= 15 is 0 Å². The van der Waals surface area contributed by atoms with Crippen LogP contribution in [0.4, 0.5) is 13.2 Å². The molecular formula is C14H11F3N2O3. The summed E-state index contributed by atoms with van der Waals surface area (Å²) in [7, 11) is 1.42. The van der Waals surface area contributed by atoms with Gasteiger partial charge in [0.25, 0.3) is 5.89 Å². The summed E-state index contributed by atoms with van der Waals surface area (Å²) in [5, 5.41) is 3.58. The van der Waals surface area contributed by atoms with Crippen molar-refractivity contribution < 1.29 is 27.2 Å². The van der Waals surface area contributed by atoms with Gasteiger partial charge < -0.3 is 14.0 Å². The van der Waals surface area contributed by atoms with Gasteiger partial charge in [0.2, 0.25) is 6.10 Å². The molecule has 8 heteroatoms. The highest BCUT2D eigenvalue weighted by atomic mass is 19.4. The van der Waals surface area contributed by atoms with Crippen LogP contribution in [0.15, 0.2) is 28.8 Å². The fourth-order valence-corrected chi connectivity index (χ4v) is 2.12. The summed E-state index contributed by atoms with van der Waals surface area (Å²) in [6.45, 7) is 0.0465. The maximum atomic E-state index is 13.2. The van der Waals surface area contributed by atoms with Crippen LogP contribution in [0.3, 0.4) is 0 Å². The molecule has 0 fully saturated rings. The van der Waals surface area contributed by atoms with Gasteiger partial charge in [-0.15, -0.1) is 0 Å². The first-order valence-electron chi connectivity index (χ1n) is 6.35. The van der Waals surface area contributed by atoms with Crippen molar-refractivity contribution in [1.29, 1.82) is 0 Å².